The van der Waals surface area contributed by atoms with Gasteiger partial charge in [0, 0.05) is 0 Å². The summed E-state index contributed by atoms with van der Waals surface area (Å²) in [4.78, 5) is 10.9. The molecule has 1 aromatic rings. The number of ether oxygens (including phenoxy) is 1. The van der Waals surface area contributed by atoms with E-state index in [1.54, 1.807) is 12.1 Å². The van der Waals surface area contributed by atoms with Gasteiger partial charge in [0.25, 0.3) is 0 Å². The summed E-state index contributed by atoms with van der Waals surface area (Å²) >= 11 is 0. The third-order valence-corrected chi connectivity index (χ3v) is 1.47. The highest BCUT2D eigenvalue weighted by atomic mass is 16.5. The van der Waals surface area contributed by atoms with Gasteiger partial charge in [0.1, 0.15) is 7.85 Å². The Labute approximate surface area is 66.6 Å². The third-order valence-electron chi connectivity index (χ3n) is 1.47. The van der Waals surface area contributed by atoms with Crippen molar-refractivity contribution >= 4 is 19.3 Å². The lowest BCUT2D eigenvalue weighted by Crippen LogP contribution is -2.05. The smallest absolute Gasteiger partial charge is 0.337 e. The van der Waals surface area contributed by atoms with Crippen molar-refractivity contribution in [2.45, 2.75) is 0 Å². The van der Waals surface area contributed by atoms with Gasteiger partial charge in [-0.3, -0.25) is 0 Å². The van der Waals surface area contributed by atoms with Crippen LogP contribution in [0.2, 0.25) is 0 Å². The van der Waals surface area contributed by atoms with E-state index in [-0.39, 0.29) is 5.97 Å². The molecule has 0 amide bonds. The summed E-state index contributed by atoms with van der Waals surface area (Å²) < 4.78 is 4.54. The Morgan fingerprint density at radius 2 is 1.91 bits per heavy atom. The molecule has 0 aliphatic heterocycles. The molecule has 11 heavy (non-hydrogen) atoms. The van der Waals surface area contributed by atoms with E-state index in [4.69, 9.17) is 0 Å². The zero-order chi connectivity index (χ0) is 8.27. The van der Waals surface area contributed by atoms with E-state index in [1.165, 1.54) is 7.11 Å². The Hall–Kier alpha value is -1.25. The van der Waals surface area contributed by atoms with Gasteiger partial charge in [-0.05, 0) is 12.1 Å². The average Bonchev–Trinajstić information content (AvgIpc) is 2.05. The summed E-state index contributed by atoms with van der Waals surface area (Å²) in [6.07, 6.45) is 0. The molecule has 0 aromatic heterocycles. The summed E-state index contributed by atoms with van der Waals surface area (Å²) in [5.41, 5.74) is 1.73. The number of hydrogen-bond acceptors (Lipinski definition) is 2. The highest BCUT2D eigenvalue weighted by Crippen LogP contribution is 1.97. The van der Waals surface area contributed by atoms with Crippen LogP contribution in [0.3, 0.4) is 0 Å². The van der Waals surface area contributed by atoms with E-state index < -0.39 is 0 Å². The van der Waals surface area contributed by atoms with Gasteiger partial charge in [-0.2, -0.15) is 0 Å². The van der Waals surface area contributed by atoms with E-state index >= 15 is 0 Å². The van der Waals surface area contributed by atoms with Crippen molar-refractivity contribution in [1.82, 2.24) is 0 Å². The largest absolute Gasteiger partial charge is 0.465 e. The van der Waals surface area contributed by atoms with Crippen molar-refractivity contribution in [2.24, 2.45) is 0 Å². The predicted molar refractivity (Wildman–Crippen MR) is 46.0 cm³/mol. The van der Waals surface area contributed by atoms with Crippen LogP contribution in [0.5, 0.6) is 0 Å². The molecule has 1 rings (SSSR count). The van der Waals surface area contributed by atoms with Gasteiger partial charge in [0.2, 0.25) is 0 Å². The molecule has 0 aliphatic rings. The van der Waals surface area contributed by atoms with Crippen molar-refractivity contribution in [3.63, 3.8) is 0 Å². The Kier molecular flexibility index (Phi) is 2.31. The Bertz CT molecular complexity index is 253. The van der Waals surface area contributed by atoms with Gasteiger partial charge in [0.05, 0.1) is 12.7 Å². The van der Waals surface area contributed by atoms with E-state index in [0.29, 0.717) is 5.56 Å². The fourth-order valence-corrected chi connectivity index (χ4v) is 0.807. The summed E-state index contributed by atoms with van der Waals surface area (Å²) in [6, 6.07) is 7.26. The second kappa shape index (κ2) is 3.24. The first-order valence-corrected chi connectivity index (χ1v) is 3.39. The molecule has 0 bridgehead atoms. The Morgan fingerprint density at radius 1 is 1.36 bits per heavy atom. The molecule has 0 saturated heterocycles. The van der Waals surface area contributed by atoms with Gasteiger partial charge >= 0.3 is 5.97 Å². The van der Waals surface area contributed by atoms with Crippen molar-refractivity contribution in [1.29, 1.82) is 0 Å². The van der Waals surface area contributed by atoms with E-state index in [9.17, 15) is 4.79 Å². The molecule has 2 nitrogen and oxygen atoms in total. The summed E-state index contributed by atoms with van der Waals surface area (Å²) in [5.74, 6) is -0.287. The zero-order valence-electron chi connectivity index (χ0n) is 6.63. The first kappa shape index (κ1) is 7.86. The normalized spacial score (nSPS) is 9.18. The number of esters is 1. The maximum absolute atomic E-state index is 10.9. The fraction of sp³-hybridized carbons (Fsp3) is 0.125. The standard InChI is InChI=1S/C8H9BO2/c1-11-8(10)6-2-4-7(9)5-3-6/h2-5H,9H2,1H3. The topological polar surface area (TPSA) is 26.3 Å². The fourth-order valence-electron chi connectivity index (χ4n) is 0.807. The van der Waals surface area contributed by atoms with E-state index in [0.717, 1.165) is 5.46 Å². The van der Waals surface area contributed by atoms with Crippen molar-refractivity contribution < 1.29 is 9.53 Å². The number of carbonyl (C=O) groups is 1. The Morgan fingerprint density at radius 3 is 2.36 bits per heavy atom. The van der Waals surface area contributed by atoms with Gasteiger partial charge < -0.3 is 4.74 Å². The van der Waals surface area contributed by atoms with Crippen LogP contribution in [0.1, 0.15) is 10.4 Å². The molecule has 0 aliphatic carbocycles. The second-order valence-electron chi connectivity index (χ2n) is 2.36. The molecule has 0 radical (unpaired) electrons. The minimum Gasteiger partial charge on any atom is -0.465 e. The van der Waals surface area contributed by atoms with Crippen molar-refractivity contribution in [3.05, 3.63) is 29.8 Å². The van der Waals surface area contributed by atoms with Gasteiger partial charge in [-0.15, -0.1) is 0 Å². The second-order valence-corrected chi connectivity index (χ2v) is 2.36. The molecule has 0 heterocycles. The monoisotopic (exact) mass is 148 g/mol. The zero-order valence-corrected chi connectivity index (χ0v) is 6.63. The molecule has 0 spiro atoms. The molecule has 0 unspecified atom stereocenters. The summed E-state index contributed by atoms with van der Waals surface area (Å²) in [6.45, 7) is 0. The minimum atomic E-state index is -0.287. The van der Waals surface area contributed by atoms with Crippen LogP contribution in [0.15, 0.2) is 24.3 Å². The van der Waals surface area contributed by atoms with E-state index in [2.05, 4.69) is 4.74 Å². The van der Waals surface area contributed by atoms with Gasteiger partial charge in [-0.1, -0.05) is 17.6 Å². The van der Waals surface area contributed by atoms with Crippen LogP contribution < -0.4 is 5.46 Å². The SMILES string of the molecule is Bc1ccc(C(=O)OC)cc1. The van der Waals surface area contributed by atoms with E-state index in [1.807, 2.05) is 20.0 Å². The summed E-state index contributed by atoms with van der Waals surface area (Å²) in [7, 11) is 3.35. The first-order valence-electron chi connectivity index (χ1n) is 3.39. The van der Waals surface area contributed by atoms with Crippen LogP contribution in [0.25, 0.3) is 0 Å². The third kappa shape index (κ3) is 1.83. The number of carbonyl (C=O) groups excluding carboxylic acids is 1. The molecule has 0 atom stereocenters. The van der Waals surface area contributed by atoms with Gasteiger partial charge in [0.15, 0.2) is 0 Å². The number of methoxy groups -OCH3 is 1. The molecule has 0 saturated carbocycles. The summed E-state index contributed by atoms with van der Waals surface area (Å²) in [5, 5.41) is 0. The molecule has 0 fully saturated rings. The maximum atomic E-state index is 10.9. The minimum absolute atomic E-state index is 0.287. The quantitative estimate of drug-likeness (QED) is 0.404. The number of benzene rings is 1. The average molecular weight is 148 g/mol. The highest BCUT2D eigenvalue weighted by molar-refractivity contribution is 6.32. The predicted octanol–water partition coefficient (Wildman–Crippen LogP) is -0.268. The van der Waals surface area contributed by atoms with Crippen LogP contribution in [-0.2, 0) is 4.74 Å². The highest BCUT2D eigenvalue weighted by Gasteiger charge is 2.01. The van der Waals surface area contributed by atoms with Crippen LogP contribution in [-0.4, -0.2) is 20.9 Å². The van der Waals surface area contributed by atoms with Gasteiger partial charge in [-0.25, -0.2) is 4.79 Å². The molecule has 1 aromatic carbocycles. The number of hydrogen-bond donors (Lipinski definition) is 0. The van der Waals surface area contributed by atoms with Crippen LogP contribution in [0.4, 0.5) is 0 Å². The lowest BCUT2D eigenvalue weighted by atomic mass is 9.95. The van der Waals surface area contributed by atoms with Crippen LogP contribution >= 0.6 is 0 Å². The maximum Gasteiger partial charge on any atom is 0.337 e. The molecule has 0 N–H and O–H groups in total. The van der Waals surface area contributed by atoms with Crippen molar-refractivity contribution in [3.8, 4) is 0 Å². The molecule has 3 heteroatoms. The van der Waals surface area contributed by atoms with Crippen LogP contribution in [0, 0.1) is 0 Å². The first-order chi connectivity index (χ1) is 5.24. The molecular weight excluding hydrogens is 139 g/mol. The lowest BCUT2D eigenvalue weighted by Gasteiger charge is -1.97. The molecule has 56 valence electrons. The van der Waals surface area contributed by atoms with Crippen molar-refractivity contribution in [2.75, 3.05) is 7.11 Å². The number of rotatable bonds is 1. The Balaban J connectivity index is 2.90. The lowest BCUT2D eigenvalue weighted by molar-refractivity contribution is 0.0601. The molecular formula is C8H9BO2.